The second-order valence-electron chi connectivity index (χ2n) is 3.56. The Morgan fingerprint density at radius 2 is 1.69 bits per heavy atom. The van der Waals surface area contributed by atoms with Gasteiger partial charge in [0.25, 0.3) is 0 Å². The zero-order chi connectivity index (χ0) is 12.1. The van der Waals surface area contributed by atoms with E-state index in [1.54, 1.807) is 14.2 Å². The predicted molar refractivity (Wildman–Crippen MR) is 55.1 cm³/mol. The lowest BCUT2D eigenvalue weighted by Crippen LogP contribution is -2.43. The lowest BCUT2D eigenvalue weighted by atomic mass is 10.1. The summed E-state index contributed by atoms with van der Waals surface area (Å²) in [5.41, 5.74) is 0. The average molecular weight is 236 g/mol. The molecule has 0 unspecified atom stereocenters. The predicted octanol–water partition coefficient (Wildman–Crippen LogP) is -0.605. The molecule has 0 aromatic heterocycles. The van der Waals surface area contributed by atoms with Crippen LogP contribution in [0.25, 0.3) is 0 Å². The van der Waals surface area contributed by atoms with Crippen LogP contribution in [0.3, 0.4) is 0 Å². The van der Waals surface area contributed by atoms with Crippen molar-refractivity contribution in [3.8, 4) is 0 Å². The maximum atomic E-state index is 9.18. The lowest BCUT2D eigenvalue weighted by molar-refractivity contribution is -0.174. The maximum Gasteiger partial charge on any atom is 0.186 e. The molecule has 1 saturated heterocycles. The summed E-state index contributed by atoms with van der Waals surface area (Å²) in [6.45, 7) is -0.145. The van der Waals surface area contributed by atoms with E-state index in [1.807, 2.05) is 0 Å². The number of hydrogen-bond acceptors (Lipinski definition) is 6. The summed E-state index contributed by atoms with van der Waals surface area (Å²) in [6.07, 6.45) is -2.03. The van der Waals surface area contributed by atoms with Gasteiger partial charge >= 0.3 is 0 Å². The van der Waals surface area contributed by atoms with Gasteiger partial charge in [0.2, 0.25) is 0 Å². The molecule has 1 N–H and O–H groups in total. The van der Waals surface area contributed by atoms with Crippen molar-refractivity contribution in [2.45, 2.75) is 30.7 Å². The molecule has 1 aliphatic heterocycles. The van der Waals surface area contributed by atoms with Crippen molar-refractivity contribution in [2.24, 2.45) is 0 Å². The van der Waals surface area contributed by atoms with Crippen LogP contribution in [-0.2, 0) is 23.7 Å². The fraction of sp³-hybridized carbons (Fsp3) is 1.00. The highest BCUT2D eigenvalue weighted by Gasteiger charge is 2.48. The third kappa shape index (κ3) is 2.53. The Kier molecular flexibility index (Phi) is 5.60. The van der Waals surface area contributed by atoms with Crippen molar-refractivity contribution < 1.29 is 28.8 Å². The molecule has 16 heavy (non-hydrogen) atoms. The molecule has 0 aliphatic carbocycles. The zero-order valence-electron chi connectivity index (χ0n) is 10.1. The van der Waals surface area contributed by atoms with E-state index in [9.17, 15) is 5.11 Å². The molecule has 0 amide bonds. The van der Waals surface area contributed by atoms with E-state index >= 15 is 0 Å². The zero-order valence-corrected chi connectivity index (χ0v) is 10.1. The monoisotopic (exact) mass is 236 g/mol. The van der Waals surface area contributed by atoms with Crippen molar-refractivity contribution >= 4 is 0 Å². The van der Waals surface area contributed by atoms with E-state index in [2.05, 4.69) is 0 Å². The minimum Gasteiger partial charge on any atom is -0.394 e. The first-order valence-electron chi connectivity index (χ1n) is 5.11. The van der Waals surface area contributed by atoms with Crippen LogP contribution in [0.2, 0.25) is 0 Å². The van der Waals surface area contributed by atoms with Crippen molar-refractivity contribution in [2.75, 3.05) is 35.0 Å². The second kappa shape index (κ2) is 6.48. The Morgan fingerprint density at radius 3 is 2.06 bits per heavy atom. The second-order valence-corrected chi connectivity index (χ2v) is 3.56. The van der Waals surface area contributed by atoms with Crippen molar-refractivity contribution in [3.05, 3.63) is 0 Å². The molecule has 0 spiro atoms. The summed E-state index contributed by atoms with van der Waals surface area (Å²) < 4.78 is 26.5. The molecule has 0 saturated carbocycles. The van der Waals surface area contributed by atoms with Crippen LogP contribution in [0.5, 0.6) is 0 Å². The molecule has 0 radical (unpaired) electrons. The Hall–Kier alpha value is -0.240. The maximum absolute atomic E-state index is 9.18. The van der Waals surface area contributed by atoms with E-state index in [0.717, 1.165) is 0 Å². The van der Waals surface area contributed by atoms with Crippen molar-refractivity contribution in [1.29, 1.82) is 0 Å². The smallest absolute Gasteiger partial charge is 0.186 e. The molecule has 1 fully saturated rings. The first-order valence-corrected chi connectivity index (χ1v) is 5.11. The summed E-state index contributed by atoms with van der Waals surface area (Å²) in [5.74, 6) is 0. The molecule has 96 valence electrons. The fourth-order valence-electron chi connectivity index (χ4n) is 1.97. The molecule has 6 nitrogen and oxygen atoms in total. The molecular formula is C10H20O6. The van der Waals surface area contributed by atoms with Gasteiger partial charge in [-0.15, -0.1) is 0 Å². The molecule has 1 aliphatic rings. The summed E-state index contributed by atoms with van der Waals surface area (Å²) in [7, 11) is 6.18. The van der Waals surface area contributed by atoms with Crippen molar-refractivity contribution in [3.63, 3.8) is 0 Å². The minimum atomic E-state index is -0.510. The van der Waals surface area contributed by atoms with Gasteiger partial charge in [-0.1, -0.05) is 0 Å². The number of ether oxygens (including phenoxy) is 5. The topological polar surface area (TPSA) is 66.4 Å². The van der Waals surface area contributed by atoms with E-state index in [1.165, 1.54) is 14.2 Å². The van der Waals surface area contributed by atoms with Gasteiger partial charge in [-0.25, -0.2) is 0 Å². The standard InChI is InChI=1S/C10H20O6/c1-12-6(5-11)7-8(13-2)9(14-3)10(15-4)16-7/h6-11H,5H2,1-4H3/t6-,7+,8+,9-,10+/m1/s1. The van der Waals surface area contributed by atoms with Gasteiger partial charge in [-0.3, -0.25) is 0 Å². The summed E-state index contributed by atoms with van der Waals surface area (Å²) in [5, 5.41) is 9.18. The van der Waals surface area contributed by atoms with Gasteiger partial charge < -0.3 is 28.8 Å². The Bertz CT molecular complexity index is 193. The van der Waals surface area contributed by atoms with Crippen LogP contribution in [0.4, 0.5) is 0 Å². The Balaban J connectivity index is 2.77. The number of aliphatic hydroxyl groups excluding tert-OH is 1. The summed E-state index contributed by atoms with van der Waals surface area (Å²) >= 11 is 0. The van der Waals surface area contributed by atoms with E-state index in [4.69, 9.17) is 23.7 Å². The van der Waals surface area contributed by atoms with Gasteiger partial charge in [-0.05, 0) is 0 Å². The van der Waals surface area contributed by atoms with Gasteiger partial charge in [0.15, 0.2) is 6.29 Å². The molecule has 0 aromatic rings. The van der Waals surface area contributed by atoms with Crippen LogP contribution in [0.1, 0.15) is 0 Å². The van der Waals surface area contributed by atoms with E-state index in [0.29, 0.717) is 0 Å². The number of methoxy groups -OCH3 is 4. The van der Waals surface area contributed by atoms with Gasteiger partial charge in [0.1, 0.15) is 24.4 Å². The van der Waals surface area contributed by atoms with Crippen LogP contribution in [0.15, 0.2) is 0 Å². The highest BCUT2D eigenvalue weighted by Crippen LogP contribution is 2.29. The van der Waals surface area contributed by atoms with Gasteiger partial charge in [0.05, 0.1) is 6.61 Å². The SMILES string of the molecule is CO[C@H]1O[C@@H]([C@@H](CO)OC)[C@H](OC)[C@H]1OC. The first-order chi connectivity index (χ1) is 7.73. The highest BCUT2D eigenvalue weighted by molar-refractivity contribution is 4.93. The van der Waals surface area contributed by atoms with Crippen LogP contribution >= 0.6 is 0 Å². The van der Waals surface area contributed by atoms with E-state index < -0.39 is 18.5 Å². The van der Waals surface area contributed by atoms with Gasteiger partial charge in [-0.2, -0.15) is 0 Å². The largest absolute Gasteiger partial charge is 0.394 e. The molecule has 0 aromatic carbocycles. The fourth-order valence-corrected chi connectivity index (χ4v) is 1.97. The average Bonchev–Trinajstić information content (AvgIpc) is 2.68. The number of rotatable bonds is 6. The van der Waals surface area contributed by atoms with E-state index in [-0.39, 0.29) is 18.8 Å². The Labute approximate surface area is 95.4 Å². The molecule has 0 bridgehead atoms. The highest BCUT2D eigenvalue weighted by atomic mass is 16.7. The van der Waals surface area contributed by atoms with Gasteiger partial charge in [0, 0.05) is 28.4 Å². The normalized spacial score (nSPS) is 36.6. The molecule has 5 atom stereocenters. The molecule has 6 heteroatoms. The number of hydrogen-bond donors (Lipinski definition) is 1. The summed E-state index contributed by atoms with van der Waals surface area (Å²) in [6, 6.07) is 0. The quantitative estimate of drug-likeness (QED) is 0.664. The van der Waals surface area contributed by atoms with Crippen LogP contribution in [-0.4, -0.2) is 70.9 Å². The van der Waals surface area contributed by atoms with Crippen LogP contribution < -0.4 is 0 Å². The first kappa shape index (κ1) is 13.8. The summed E-state index contributed by atoms with van der Waals surface area (Å²) in [4.78, 5) is 0. The molecular weight excluding hydrogens is 216 g/mol. The molecule has 1 rings (SSSR count). The number of aliphatic hydroxyl groups is 1. The van der Waals surface area contributed by atoms with Crippen LogP contribution in [0, 0.1) is 0 Å². The minimum absolute atomic E-state index is 0.145. The van der Waals surface area contributed by atoms with Crippen molar-refractivity contribution in [1.82, 2.24) is 0 Å². The third-order valence-corrected chi connectivity index (χ3v) is 2.83. The third-order valence-electron chi connectivity index (χ3n) is 2.83. The lowest BCUT2D eigenvalue weighted by Gasteiger charge is -2.25. The molecule has 1 heterocycles. The Morgan fingerprint density at radius 1 is 1.06 bits per heavy atom.